The average Bonchev–Trinajstić information content (AvgIpc) is 2.46. The molecule has 1 aromatic rings. The molecule has 4 nitrogen and oxygen atoms in total. The van der Waals surface area contributed by atoms with Crippen molar-refractivity contribution < 1.29 is 4.79 Å². The summed E-state index contributed by atoms with van der Waals surface area (Å²) < 4.78 is 0. The fourth-order valence-corrected chi connectivity index (χ4v) is 1.86. The average molecular weight is 213 g/mol. The van der Waals surface area contributed by atoms with E-state index in [9.17, 15) is 4.79 Å². The molecule has 0 aliphatic rings. The third-order valence-corrected chi connectivity index (χ3v) is 2.90. The molecule has 1 amide bonds. The third kappa shape index (κ3) is 3.43. The molecule has 0 radical (unpaired) electrons. The number of primary amides is 1. The molecule has 1 atom stereocenters. The van der Waals surface area contributed by atoms with Crippen molar-refractivity contribution in [1.29, 1.82) is 0 Å². The zero-order valence-corrected chi connectivity index (χ0v) is 9.23. The fraction of sp³-hybridized carbons (Fsp3) is 0.556. The van der Waals surface area contributed by atoms with E-state index in [1.165, 1.54) is 4.88 Å². The number of amides is 1. The van der Waals surface area contributed by atoms with Crippen molar-refractivity contribution in [3.05, 3.63) is 16.1 Å². The molecule has 1 rings (SSSR count). The molecule has 1 unspecified atom stereocenters. The van der Waals surface area contributed by atoms with Gasteiger partial charge in [-0.05, 0) is 13.8 Å². The lowest BCUT2D eigenvalue weighted by atomic mass is 10.2. The monoisotopic (exact) mass is 213 g/mol. The van der Waals surface area contributed by atoms with Crippen LogP contribution in [0.25, 0.3) is 0 Å². The molecule has 14 heavy (non-hydrogen) atoms. The van der Waals surface area contributed by atoms with Gasteiger partial charge in [0.25, 0.3) is 0 Å². The minimum Gasteiger partial charge on any atom is -0.370 e. The number of nitrogens with one attached hydrogen (secondary N) is 1. The Kier molecular flexibility index (Phi) is 4.03. The zero-order valence-electron chi connectivity index (χ0n) is 8.41. The second kappa shape index (κ2) is 5.07. The number of nitrogens with two attached hydrogens (primary N) is 1. The van der Waals surface area contributed by atoms with Crippen LogP contribution >= 0.6 is 11.3 Å². The maximum absolute atomic E-state index is 10.6. The van der Waals surface area contributed by atoms with Gasteiger partial charge in [-0.3, -0.25) is 4.79 Å². The Bertz CT molecular complexity index is 311. The lowest BCUT2D eigenvalue weighted by Crippen LogP contribution is -2.30. The van der Waals surface area contributed by atoms with Gasteiger partial charge in [0.2, 0.25) is 5.91 Å². The summed E-state index contributed by atoms with van der Waals surface area (Å²) in [6.45, 7) is 4.68. The summed E-state index contributed by atoms with van der Waals surface area (Å²) >= 11 is 1.62. The van der Waals surface area contributed by atoms with Crippen LogP contribution in [0.2, 0.25) is 0 Å². The third-order valence-electron chi connectivity index (χ3n) is 1.96. The maximum Gasteiger partial charge on any atom is 0.218 e. The van der Waals surface area contributed by atoms with Gasteiger partial charge in [0.1, 0.15) is 0 Å². The topological polar surface area (TPSA) is 68.0 Å². The second-order valence-corrected chi connectivity index (χ2v) is 4.25. The summed E-state index contributed by atoms with van der Waals surface area (Å²) in [6.07, 6.45) is 0.373. The Balaban J connectivity index is 2.34. The van der Waals surface area contributed by atoms with Crippen LogP contribution in [0.15, 0.2) is 5.51 Å². The van der Waals surface area contributed by atoms with E-state index in [0.717, 1.165) is 12.2 Å². The van der Waals surface area contributed by atoms with Crippen LogP contribution in [0.3, 0.4) is 0 Å². The van der Waals surface area contributed by atoms with Crippen LogP contribution in [0, 0.1) is 6.92 Å². The molecule has 0 aliphatic heterocycles. The first kappa shape index (κ1) is 11.1. The summed E-state index contributed by atoms with van der Waals surface area (Å²) in [5.74, 6) is -0.272. The van der Waals surface area contributed by atoms with E-state index in [1.807, 2.05) is 19.4 Å². The Morgan fingerprint density at radius 3 is 3.00 bits per heavy atom. The van der Waals surface area contributed by atoms with Gasteiger partial charge in [-0.2, -0.15) is 0 Å². The molecule has 0 bridgehead atoms. The fourth-order valence-electron chi connectivity index (χ4n) is 1.14. The predicted molar refractivity (Wildman–Crippen MR) is 57.0 cm³/mol. The molecule has 0 aliphatic carbocycles. The van der Waals surface area contributed by atoms with E-state index in [2.05, 4.69) is 10.3 Å². The standard InChI is InChI=1S/C9H15N3OS/c1-6(3-9(10)13)11-4-8-7(2)12-5-14-8/h5-6,11H,3-4H2,1-2H3,(H2,10,13). The van der Waals surface area contributed by atoms with Gasteiger partial charge >= 0.3 is 0 Å². The van der Waals surface area contributed by atoms with Gasteiger partial charge in [-0.25, -0.2) is 4.98 Å². The number of carbonyl (C=O) groups excluding carboxylic acids is 1. The highest BCUT2D eigenvalue weighted by atomic mass is 32.1. The number of rotatable bonds is 5. The molecule has 0 fully saturated rings. The zero-order chi connectivity index (χ0) is 10.6. The first-order chi connectivity index (χ1) is 6.59. The first-order valence-electron chi connectivity index (χ1n) is 4.50. The van der Waals surface area contributed by atoms with Gasteiger partial charge in [-0.1, -0.05) is 0 Å². The van der Waals surface area contributed by atoms with Crippen molar-refractivity contribution in [2.75, 3.05) is 0 Å². The SMILES string of the molecule is Cc1ncsc1CNC(C)CC(N)=O. The highest BCUT2D eigenvalue weighted by Gasteiger charge is 2.07. The highest BCUT2D eigenvalue weighted by Crippen LogP contribution is 2.11. The van der Waals surface area contributed by atoms with E-state index in [1.54, 1.807) is 11.3 Å². The minimum atomic E-state index is -0.272. The van der Waals surface area contributed by atoms with Crippen LogP contribution in [-0.2, 0) is 11.3 Å². The van der Waals surface area contributed by atoms with Crippen molar-refractivity contribution in [1.82, 2.24) is 10.3 Å². The van der Waals surface area contributed by atoms with E-state index in [0.29, 0.717) is 6.42 Å². The van der Waals surface area contributed by atoms with Crippen LogP contribution < -0.4 is 11.1 Å². The normalized spacial score (nSPS) is 12.7. The van der Waals surface area contributed by atoms with Gasteiger partial charge in [0.15, 0.2) is 0 Å². The Morgan fingerprint density at radius 2 is 2.50 bits per heavy atom. The predicted octanol–water partition coefficient (Wildman–Crippen LogP) is 0.805. The Morgan fingerprint density at radius 1 is 1.79 bits per heavy atom. The second-order valence-electron chi connectivity index (χ2n) is 3.31. The number of thiazole rings is 1. The smallest absolute Gasteiger partial charge is 0.218 e. The number of aryl methyl sites for hydroxylation is 1. The van der Waals surface area contributed by atoms with Gasteiger partial charge in [-0.15, -0.1) is 11.3 Å². The van der Waals surface area contributed by atoms with Gasteiger partial charge in [0, 0.05) is 23.9 Å². The molecule has 5 heteroatoms. The minimum absolute atomic E-state index is 0.119. The summed E-state index contributed by atoms with van der Waals surface area (Å²) in [7, 11) is 0. The van der Waals surface area contributed by atoms with Crippen LogP contribution in [0.5, 0.6) is 0 Å². The number of hydrogen-bond acceptors (Lipinski definition) is 4. The van der Waals surface area contributed by atoms with Crippen molar-refractivity contribution in [2.24, 2.45) is 5.73 Å². The largest absolute Gasteiger partial charge is 0.370 e. The number of nitrogens with zero attached hydrogens (tertiary/aromatic N) is 1. The van der Waals surface area contributed by atoms with Crippen molar-refractivity contribution in [3.8, 4) is 0 Å². The molecule has 3 N–H and O–H groups in total. The Labute approximate surface area is 87.5 Å². The van der Waals surface area contributed by atoms with Crippen molar-refractivity contribution in [2.45, 2.75) is 32.9 Å². The van der Waals surface area contributed by atoms with E-state index >= 15 is 0 Å². The van der Waals surface area contributed by atoms with Crippen molar-refractivity contribution in [3.63, 3.8) is 0 Å². The van der Waals surface area contributed by atoms with E-state index in [4.69, 9.17) is 5.73 Å². The summed E-state index contributed by atoms with van der Waals surface area (Å²) in [4.78, 5) is 16.0. The van der Waals surface area contributed by atoms with Crippen molar-refractivity contribution >= 4 is 17.2 Å². The molecule has 1 heterocycles. The quantitative estimate of drug-likeness (QED) is 0.760. The number of hydrogen-bond donors (Lipinski definition) is 2. The molecular formula is C9H15N3OS. The molecule has 0 aromatic carbocycles. The molecule has 0 spiro atoms. The molecule has 0 saturated heterocycles. The highest BCUT2D eigenvalue weighted by molar-refractivity contribution is 7.09. The molecule has 78 valence electrons. The van der Waals surface area contributed by atoms with Crippen LogP contribution in [-0.4, -0.2) is 16.9 Å². The maximum atomic E-state index is 10.6. The summed E-state index contributed by atoms with van der Waals surface area (Å²) in [6, 6.07) is 0.119. The number of carbonyl (C=O) groups is 1. The van der Waals surface area contributed by atoms with E-state index < -0.39 is 0 Å². The lowest BCUT2D eigenvalue weighted by molar-refractivity contribution is -0.118. The first-order valence-corrected chi connectivity index (χ1v) is 5.38. The van der Waals surface area contributed by atoms with Gasteiger partial charge in [0.05, 0.1) is 11.2 Å². The molecular weight excluding hydrogens is 198 g/mol. The Hall–Kier alpha value is -0.940. The van der Waals surface area contributed by atoms with E-state index in [-0.39, 0.29) is 11.9 Å². The summed E-state index contributed by atoms with van der Waals surface area (Å²) in [5, 5.41) is 3.23. The molecule has 1 aromatic heterocycles. The van der Waals surface area contributed by atoms with Crippen LogP contribution in [0.4, 0.5) is 0 Å². The lowest BCUT2D eigenvalue weighted by Gasteiger charge is -2.10. The number of aromatic nitrogens is 1. The van der Waals surface area contributed by atoms with Gasteiger partial charge < -0.3 is 11.1 Å². The van der Waals surface area contributed by atoms with Crippen LogP contribution in [0.1, 0.15) is 23.9 Å². The molecule has 0 saturated carbocycles. The summed E-state index contributed by atoms with van der Waals surface area (Å²) in [5.41, 5.74) is 7.96.